The van der Waals surface area contributed by atoms with E-state index >= 15 is 0 Å². The molecule has 4 nitrogen and oxygen atoms in total. The number of fused-ring (bicyclic) bond motifs is 1. The lowest BCUT2D eigenvalue weighted by Crippen LogP contribution is -2.46. The van der Waals surface area contributed by atoms with Gasteiger partial charge in [0, 0.05) is 31.7 Å². The summed E-state index contributed by atoms with van der Waals surface area (Å²) in [5, 5.41) is 3.44. The van der Waals surface area contributed by atoms with E-state index in [1.54, 1.807) is 18.4 Å². The number of rotatable bonds is 4. The maximum atomic E-state index is 5.27. The van der Waals surface area contributed by atoms with E-state index in [4.69, 9.17) is 9.72 Å². The third-order valence-corrected chi connectivity index (χ3v) is 5.85. The number of hydrogen-bond donors (Lipinski definition) is 0. The van der Waals surface area contributed by atoms with Gasteiger partial charge in [-0.2, -0.15) is 0 Å². The molecule has 3 aromatic rings. The molecule has 27 heavy (non-hydrogen) atoms. The summed E-state index contributed by atoms with van der Waals surface area (Å²) in [6, 6.07) is 12.5. The van der Waals surface area contributed by atoms with Gasteiger partial charge in [-0.05, 0) is 53.7 Å². The molecule has 0 N–H and O–H groups in total. The lowest BCUT2D eigenvalue weighted by molar-refractivity contribution is 0.271. The van der Waals surface area contributed by atoms with Crippen molar-refractivity contribution >= 4 is 52.1 Å². The standard InChI is InChI=1S/C20H23N3OS.2ClH/c1-3-22-9-11-23(12-10-22)20-19-16(8-13-25-19)14-18(21-20)15-4-6-17(24-2)7-5-15;;/h4-8,13-14H,3,9-12H2,1-2H3;2*1H. The first kappa shape index (κ1) is 21.8. The van der Waals surface area contributed by atoms with Gasteiger partial charge in [-0.1, -0.05) is 6.92 Å². The summed E-state index contributed by atoms with van der Waals surface area (Å²) in [5.74, 6) is 2.00. The zero-order chi connectivity index (χ0) is 17.2. The van der Waals surface area contributed by atoms with Crippen molar-refractivity contribution in [1.29, 1.82) is 0 Å². The highest BCUT2D eigenvalue weighted by Crippen LogP contribution is 2.34. The molecule has 3 heterocycles. The van der Waals surface area contributed by atoms with Crippen LogP contribution in [-0.2, 0) is 0 Å². The molecular weight excluding hydrogens is 401 g/mol. The Morgan fingerprint density at radius 1 is 1.04 bits per heavy atom. The number of likely N-dealkylation sites (N-methyl/N-ethyl adjacent to an activating group) is 1. The third kappa shape index (κ3) is 4.49. The van der Waals surface area contributed by atoms with Crippen LogP contribution < -0.4 is 9.64 Å². The van der Waals surface area contributed by atoms with Gasteiger partial charge in [0.15, 0.2) is 0 Å². The number of aromatic nitrogens is 1. The van der Waals surface area contributed by atoms with Crippen molar-refractivity contribution in [3.63, 3.8) is 0 Å². The number of hydrogen-bond acceptors (Lipinski definition) is 5. The van der Waals surface area contributed by atoms with Crippen LogP contribution in [-0.4, -0.2) is 49.7 Å². The number of piperazine rings is 1. The largest absolute Gasteiger partial charge is 0.497 e. The molecule has 2 aromatic heterocycles. The Labute approximate surface area is 177 Å². The van der Waals surface area contributed by atoms with Gasteiger partial charge < -0.3 is 14.5 Å². The SMILES string of the molecule is CCN1CCN(c2nc(-c3ccc(OC)cc3)cc3ccsc23)CC1.Cl.Cl. The summed E-state index contributed by atoms with van der Waals surface area (Å²) in [4.78, 5) is 9.99. The number of ether oxygens (including phenoxy) is 1. The van der Waals surface area contributed by atoms with Crippen LogP contribution in [0.5, 0.6) is 5.75 Å². The van der Waals surface area contributed by atoms with Gasteiger partial charge in [-0.15, -0.1) is 36.2 Å². The van der Waals surface area contributed by atoms with E-state index in [1.165, 1.54) is 10.1 Å². The van der Waals surface area contributed by atoms with Crippen molar-refractivity contribution in [3.8, 4) is 17.0 Å². The average molecular weight is 426 g/mol. The third-order valence-electron chi connectivity index (χ3n) is 4.92. The molecule has 7 heteroatoms. The minimum Gasteiger partial charge on any atom is -0.497 e. The highest BCUT2D eigenvalue weighted by atomic mass is 35.5. The van der Waals surface area contributed by atoms with Crippen molar-refractivity contribution in [1.82, 2.24) is 9.88 Å². The van der Waals surface area contributed by atoms with Gasteiger partial charge in [-0.3, -0.25) is 0 Å². The normalized spacial score (nSPS) is 14.5. The fourth-order valence-corrected chi connectivity index (χ4v) is 4.25. The predicted octanol–water partition coefficient (Wildman–Crippen LogP) is 4.96. The van der Waals surface area contributed by atoms with Gasteiger partial charge in [0.25, 0.3) is 0 Å². The summed E-state index contributed by atoms with van der Waals surface area (Å²) in [7, 11) is 1.69. The van der Waals surface area contributed by atoms with Crippen LogP contribution in [0.2, 0.25) is 0 Å². The first-order valence-electron chi connectivity index (χ1n) is 8.78. The maximum Gasteiger partial charge on any atom is 0.147 e. The lowest BCUT2D eigenvalue weighted by Gasteiger charge is -2.35. The predicted molar refractivity (Wildman–Crippen MR) is 120 cm³/mol. The second-order valence-electron chi connectivity index (χ2n) is 6.32. The van der Waals surface area contributed by atoms with Crippen LogP contribution in [0.25, 0.3) is 21.3 Å². The number of nitrogens with zero attached hydrogens (tertiary/aromatic N) is 3. The number of benzene rings is 1. The van der Waals surface area contributed by atoms with Gasteiger partial charge in [0.05, 0.1) is 17.5 Å². The molecular formula is C20H25Cl2N3OS. The van der Waals surface area contributed by atoms with E-state index in [0.717, 1.165) is 55.5 Å². The second-order valence-corrected chi connectivity index (χ2v) is 7.24. The molecule has 0 radical (unpaired) electrons. The topological polar surface area (TPSA) is 28.6 Å². The zero-order valence-corrected chi connectivity index (χ0v) is 18.0. The number of thiophene rings is 1. The van der Waals surface area contributed by atoms with E-state index in [1.807, 2.05) is 12.1 Å². The summed E-state index contributed by atoms with van der Waals surface area (Å²) in [6.45, 7) is 7.66. The van der Waals surface area contributed by atoms with E-state index < -0.39 is 0 Å². The van der Waals surface area contributed by atoms with Crippen LogP contribution in [0.4, 0.5) is 5.82 Å². The Morgan fingerprint density at radius 2 is 1.74 bits per heavy atom. The molecule has 146 valence electrons. The molecule has 0 bridgehead atoms. The van der Waals surface area contributed by atoms with E-state index in [-0.39, 0.29) is 24.8 Å². The van der Waals surface area contributed by atoms with Crippen molar-refractivity contribution < 1.29 is 4.74 Å². The molecule has 4 rings (SSSR count). The maximum absolute atomic E-state index is 5.27. The quantitative estimate of drug-likeness (QED) is 0.590. The van der Waals surface area contributed by atoms with E-state index in [0.29, 0.717) is 0 Å². The number of halogens is 2. The Hall–Kier alpha value is -1.53. The number of pyridine rings is 1. The summed E-state index contributed by atoms with van der Waals surface area (Å²) in [5.41, 5.74) is 2.16. The second kappa shape index (κ2) is 9.60. The molecule has 0 unspecified atom stereocenters. The first-order valence-corrected chi connectivity index (χ1v) is 9.66. The minimum absolute atomic E-state index is 0. The van der Waals surface area contributed by atoms with Crippen LogP contribution in [0, 0.1) is 0 Å². The molecule has 0 spiro atoms. The summed E-state index contributed by atoms with van der Waals surface area (Å²) in [6.07, 6.45) is 0. The summed E-state index contributed by atoms with van der Waals surface area (Å²) >= 11 is 1.79. The molecule has 0 saturated carbocycles. The Bertz CT molecular complexity index is 861. The first-order chi connectivity index (χ1) is 12.3. The molecule has 1 aliphatic rings. The van der Waals surface area contributed by atoms with E-state index in [9.17, 15) is 0 Å². The van der Waals surface area contributed by atoms with Crippen LogP contribution in [0.15, 0.2) is 41.8 Å². The minimum atomic E-state index is 0. The molecule has 0 aliphatic carbocycles. The molecule has 1 aromatic carbocycles. The van der Waals surface area contributed by atoms with Crippen LogP contribution in [0.1, 0.15) is 6.92 Å². The van der Waals surface area contributed by atoms with Crippen molar-refractivity contribution in [3.05, 3.63) is 41.8 Å². The van der Waals surface area contributed by atoms with Crippen molar-refractivity contribution in [2.75, 3.05) is 44.7 Å². The zero-order valence-electron chi connectivity index (χ0n) is 15.6. The fraction of sp³-hybridized carbons (Fsp3) is 0.350. The van der Waals surface area contributed by atoms with E-state index in [2.05, 4.69) is 46.4 Å². The molecule has 1 fully saturated rings. The van der Waals surface area contributed by atoms with Gasteiger partial charge >= 0.3 is 0 Å². The Morgan fingerprint density at radius 3 is 2.37 bits per heavy atom. The smallest absolute Gasteiger partial charge is 0.147 e. The molecule has 1 saturated heterocycles. The van der Waals surface area contributed by atoms with Gasteiger partial charge in [0.1, 0.15) is 11.6 Å². The highest BCUT2D eigenvalue weighted by molar-refractivity contribution is 7.17. The Balaban J connectivity index is 0.00000131. The number of methoxy groups -OCH3 is 1. The van der Waals surface area contributed by atoms with Gasteiger partial charge in [0.2, 0.25) is 0 Å². The molecule has 0 amide bonds. The van der Waals surface area contributed by atoms with Crippen LogP contribution in [0.3, 0.4) is 0 Å². The van der Waals surface area contributed by atoms with Crippen LogP contribution >= 0.6 is 36.2 Å². The Kier molecular flexibility index (Phi) is 7.74. The monoisotopic (exact) mass is 425 g/mol. The van der Waals surface area contributed by atoms with Gasteiger partial charge in [-0.25, -0.2) is 4.98 Å². The van der Waals surface area contributed by atoms with Crippen molar-refractivity contribution in [2.24, 2.45) is 0 Å². The van der Waals surface area contributed by atoms with Crippen molar-refractivity contribution in [2.45, 2.75) is 6.92 Å². The highest BCUT2D eigenvalue weighted by Gasteiger charge is 2.20. The molecule has 1 aliphatic heterocycles. The molecule has 0 atom stereocenters. The lowest BCUT2D eigenvalue weighted by atomic mass is 10.1. The fourth-order valence-electron chi connectivity index (χ4n) is 3.36. The summed E-state index contributed by atoms with van der Waals surface area (Å²) < 4.78 is 6.56. The average Bonchev–Trinajstić information content (AvgIpc) is 3.16. The number of anilines is 1.